The van der Waals surface area contributed by atoms with Crippen molar-refractivity contribution in [2.75, 3.05) is 0 Å². The smallest absolute Gasteiger partial charge is 0.307 e. The van der Waals surface area contributed by atoms with Crippen LogP contribution < -0.4 is 0 Å². The zero-order valence-electron chi connectivity index (χ0n) is 10.8. The maximum atomic E-state index is 11.3. The third-order valence-electron chi connectivity index (χ3n) is 3.37. The van der Waals surface area contributed by atoms with Crippen molar-refractivity contribution in [3.05, 3.63) is 23.4 Å². The van der Waals surface area contributed by atoms with Crippen LogP contribution in [0, 0.1) is 19.8 Å². The van der Waals surface area contributed by atoms with Gasteiger partial charge in [-0.15, -0.1) is 11.8 Å². The summed E-state index contributed by atoms with van der Waals surface area (Å²) in [6.45, 7) is 4.03. The van der Waals surface area contributed by atoms with Crippen molar-refractivity contribution in [1.82, 2.24) is 4.98 Å². The van der Waals surface area contributed by atoms with Crippen LogP contribution in [0.15, 0.2) is 17.2 Å². The summed E-state index contributed by atoms with van der Waals surface area (Å²) >= 11 is 1.64. The van der Waals surface area contributed by atoms with E-state index in [1.54, 1.807) is 11.8 Å². The first kappa shape index (κ1) is 13.4. The van der Waals surface area contributed by atoms with Gasteiger partial charge in [-0.2, -0.15) is 0 Å². The third-order valence-corrected chi connectivity index (χ3v) is 4.68. The predicted octanol–water partition coefficient (Wildman–Crippen LogP) is 3.43. The van der Waals surface area contributed by atoms with Gasteiger partial charge in [0.2, 0.25) is 0 Å². The molecule has 4 heteroatoms. The normalized spacial score (nSPS) is 23.9. The molecule has 1 aliphatic carbocycles. The van der Waals surface area contributed by atoms with E-state index in [4.69, 9.17) is 0 Å². The molecule has 1 aliphatic rings. The molecule has 0 radical (unpaired) electrons. The lowest BCUT2D eigenvalue weighted by atomic mass is 9.89. The van der Waals surface area contributed by atoms with E-state index >= 15 is 0 Å². The van der Waals surface area contributed by atoms with Crippen LogP contribution in [0.4, 0.5) is 0 Å². The summed E-state index contributed by atoms with van der Waals surface area (Å²) in [7, 11) is 0. The average molecular weight is 265 g/mol. The van der Waals surface area contributed by atoms with Crippen molar-refractivity contribution in [2.24, 2.45) is 5.92 Å². The molecule has 98 valence electrons. The molecule has 1 heterocycles. The summed E-state index contributed by atoms with van der Waals surface area (Å²) < 4.78 is 0. The maximum absolute atomic E-state index is 11.3. The van der Waals surface area contributed by atoms with E-state index in [0.717, 1.165) is 36.4 Å². The Labute approximate surface area is 112 Å². The molecule has 0 spiro atoms. The average Bonchev–Trinajstić information content (AvgIpc) is 2.27. The van der Waals surface area contributed by atoms with Gasteiger partial charge in [-0.05, 0) is 44.4 Å². The van der Waals surface area contributed by atoms with Gasteiger partial charge < -0.3 is 5.11 Å². The first-order valence-electron chi connectivity index (χ1n) is 6.41. The van der Waals surface area contributed by atoms with Crippen molar-refractivity contribution < 1.29 is 9.90 Å². The van der Waals surface area contributed by atoms with E-state index in [-0.39, 0.29) is 11.2 Å². The number of rotatable bonds is 3. The molecular weight excluding hydrogens is 246 g/mol. The van der Waals surface area contributed by atoms with Crippen LogP contribution in [-0.2, 0) is 4.79 Å². The SMILES string of the molecule is Cc1cc(C)nc(SC2CCCCC2C(=O)O)c1. The maximum Gasteiger partial charge on any atom is 0.307 e. The Morgan fingerprint density at radius 2 is 2.06 bits per heavy atom. The highest BCUT2D eigenvalue weighted by atomic mass is 32.2. The van der Waals surface area contributed by atoms with Gasteiger partial charge in [-0.3, -0.25) is 4.79 Å². The molecule has 1 aromatic heterocycles. The molecule has 18 heavy (non-hydrogen) atoms. The van der Waals surface area contributed by atoms with E-state index in [2.05, 4.69) is 4.98 Å². The number of carboxylic acids is 1. The van der Waals surface area contributed by atoms with Crippen molar-refractivity contribution in [3.8, 4) is 0 Å². The van der Waals surface area contributed by atoms with E-state index in [1.165, 1.54) is 5.56 Å². The van der Waals surface area contributed by atoms with Crippen LogP contribution in [0.3, 0.4) is 0 Å². The molecule has 0 saturated heterocycles. The van der Waals surface area contributed by atoms with E-state index in [1.807, 2.05) is 26.0 Å². The second-order valence-electron chi connectivity index (χ2n) is 5.01. The van der Waals surface area contributed by atoms with Crippen LogP contribution in [0.2, 0.25) is 0 Å². The molecular formula is C14H19NO2S. The first-order chi connectivity index (χ1) is 8.56. The number of aromatic nitrogens is 1. The largest absolute Gasteiger partial charge is 0.481 e. The topological polar surface area (TPSA) is 50.2 Å². The number of thioether (sulfide) groups is 1. The third kappa shape index (κ3) is 3.25. The monoisotopic (exact) mass is 265 g/mol. The lowest BCUT2D eigenvalue weighted by Gasteiger charge is -2.27. The Hall–Kier alpha value is -1.03. The quantitative estimate of drug-likeness (QED) is 0.909. The zero-order chi connectivity index (χ0) is 13.1. The Bertz CT molecular complexity index is 427. The molecule has 2 rings (SSSR count). The van der Waals surface area contributed by atoms with E-state index < -0.39 is 5.97 Å². The molecule has 0 aromatic carbocycles. The van der Waals surface area contributed by atoms with Crippen LogP contribution in [0.1, 0.15) is 36.9 Å². The Balaban J connectivity index is 2.13. The van der Waals surface area contributed by atoms with Gasteiger partial charge in [0, 0.05) is 10.9 Å². The number of nitrogens with zero attached hydrogens (tertiary/aromatic N) is 1. The Morgan fingerprint density at radius 3 is 2.72 bits per heavy atom. The summed E-state index contributed by atoms with van der Waals surface area (Å²) in [5, 5.41) is 10.4. The summed E-state index contributed by atoms with van der Waals surface area (Å²) in [6, 6.07) is 4.09. The minimum Gasteiger partial charge on any atom is -0.481 e. The van der Waals surface area contributed by atoms with Gasteiger partial charge >= 0.3 is 5.97 Å². The van der Waals surface area contributed by atoms with Crippen molar-refractivity contribution in [1.29, 1.82) is 0 Å². The number of aliphatic carboxylic acids is 1. The van der Waals surface area contributed by atoms with Crippen molar-refractivity contribution in [3.63, 3.8) is 0 Å². The molecule has 1 saturated carbocycles. The number of carboxylic acid groups (broad SMARTS) is 1. The Morgan fingerprint density at radius 1 is 1.33 bits per heavy atom. The highest BCUT2D eigenvalue weighted by molar-refractivity contribution is 7.99. The molecule has 1 aromatic rings. The summed E-state index contributed by atoms with van der Waals surface area (Å²) in [5.74, 6) is -0.872. The number of hydrogen-bond donors (Lipinski definition) is 1. The molecule has 0 bridgehead atoms. The second-order valence-corrected chi connectivity index (χ2v) is 6.27. The standard InChI is InChI=1S/C14H19NO2S/c1-9-7-10(2)15-13(8-9)18-12-6-4-3-5-11(12)14(16)17/h7-8,11-12H,3-6H2,1-2H3,(H,16,17). The van der Waals surface area contributed by atoms with Crippen molar-refractivity contribution >= 4 is 17.7 Å². The van der Waals surface area contributed by atoms with Gasteiger partial charge in [0.25, 0.3) is 0 Å². The van der Waals surface area contributed by atoms with Gasteiger partial charge in [0.05, 0.1) is 10.9 Å². The Kier molecular flexibility index (Phi) is 4.27. The fraction of sp³-hybridized carbons (Fsp3) is 0.571. The summed E-state index contributed by atoms with van der Waals surface area (Å²) in [6.07, 6.45) is 3.95. The van der Waals surface area contributed by atoms with Gasteiger partial charge in [0.1, 0.15) is 0 Å². The van der Waals surface area contributed by atoms with Gasteiger partial charge in [-0.1, -0.05) is 12.8 Å². The van der Waals surface area contributed by atoms with Gasteiger partial charge in [-0.25, -0.2) is 4.98 Å². The number of carbonyl (C=O) groups is 1. The van der Waals surface area contributed by atoms with E-state index in [9.17, 15) is 9.90 Å². The fourth-order valence-electron chi connectivity index (χ4n) is 2.54. The highest BCUT2D eigenvalue weighted by Crippen LogP contribution is 2.37. The van der Waals surface area contributed by atoms with Crippen LogP contribution in [0.5, 0.6) is 0 Å². The predicted molar refractivity (Wildman–Crippen MR) is 72.9 cm³/mol. The highest BCUT2D eigenvalue weighted by Gasteiger charge is 2.31. The van der Waals surface area contributed by atoms with Crippen LogP contribution in [-0.4, -0.2) is 21.3 Å². The molecule has 0 amide bonds. The zero-order valence-corrected chi connectivity index (χ0v) is 11.7. The van der Waals surface area contributed by atoms with Crippen LogP contribution in [0.25, 0.3) is 0 Å². The molecule has 2 atom stereocenters. The summed E-state index contributed by atoms with van der Waals surface area (Å²) in [5.41, 5.74) is 2.19. The molecule has 1 fully saturated rings. The first-order valence-corrected chi connectivity index (χ1v) is 7.29. The molecule has 0 aliphatic heterocycles. The lowest BCUT2D eigenvalue weighted by molar-refractivity contribution is -0.142. The number of aryl methyl sites for hydroxylation is 2. The lowest BCUT2D eigenvalue weighted by Crippen LogP contribution is -2.29. The molecule has 3 nitrogen and oxygen atoms in total. The minimum atomic E-state index is -0.656. The van der Waals surface area contributed by atoms with E-state index in [0.29, 0.717) is 0 Å². The summed E-state index contributed by atoms with van der Waals surface area (Å²) in [4.78, 5) is 15.7. The number of pyridine rings is 1. The van der Waals surface area contributed by atoms with Gasteiger partial charge in [0.15, 0.2) is 0 Å². The fourth-order valence-corrected chi connectivity index (χ4v) is 4.00. The van der Waals surface area contributed by atoms with Crippen LogP contribution >= 0.6 is 11.8 Å². The second kappa shape index (κ2) is 5.74. The minimum absolute atomic E-state index is 0.171. The number of hydrogen-bond acceptors (Lipinski definition) is 3. The van der Waals surface area contributed by atoms with Crippen molar-refractivity contribution in [2.45, 2.75) is 49.8 Å². The molecule has 1 N–H and O–H groups in total. The molecule has 2 unspecified atom stereocenters.